The molecule has 0 aromatic rings. The smallest absolute Gasteiger partial charge is 0.220 e. The lowest BCUT2D eigenvalue weighted by atomic mass is 9.97. The minimum absolute atomic E-state index is 0.249. The van der Waals surface area contributed by atoms with Crippen LogP contribution in [0.25, 0.3) is 0 Å². The van der Waals surface area contributed by atoms with E-state index in [2.05, 4.69) is 92.1 Å². The summed E-state index contributed by atoms with van der Waals surface area (Å²) >= 11 is 0. The molecule has 2 rings (SSSR count). The lowest BCUT2D eigenvalue weighted by molar-refractivity contribution is -0.359. The molecule has 2 heterocycles. The fourth-order valence-corrected chi connectivity index (χ4v) is 10.5. The van der Waals surface area contributed by atoms with Gasteiger partial charge in [0, 0.05) is 6.42 Å². The third kappa shape index (κ3) is 38.1. The zero-order chi connectivity index (χ0) is 60.2. The number of carbonyl (C=O) groups excluding carboxylic acids is 1. The van der Waals surface area contributed by atoms with Gasteiger partial charge in [-0.2, -0.15) is 0 Å². The summed E-state index contributed by atoms with van der Waals surface area (Å²) in [6.45, 7) is 2.66. The van der Waals surface area contributed by atoms with Gasteiger partial charge in [-0.1, -0.05) is 247 Å². The first-order chi connectivity index (χ1) is 40.6. The third-order valence-electron chi connectivity index (χ3n) is 15.8. The molecule has 2 fully saturated rings. The van der Waals surface area contributed by atoms with Gasteiger partial charge in [0.1, 0.15) is 48.8 Å². The molecule has 1 amide bonds. The summed E-state index contributed by atoms with van der Waals surface area (Å²) in [6.07, 6.45) is 56.4. The Kier molecular flexibility index (Phi) is 49.1. The lowest BCUT2D eigenvalue weighted by Gasteiger charge is -2.46. The normalized spacial score (nSPS) is 24.4. The van der Waals surface area contributed by atoms with Crippen molar-refractivity contribution >= 4 is 5.91 Å². The van der Waals surface area contributed by atoms with Gasteiger partial charge in [0.05, 0.1) is 32.0 Å². The number of hydrogen-bond donors (Lipinski definition) is 9. The zero-order valence-corrected chi connectivity index (χ0v) is 51.9. The van der Waals surface area contributed by atoms with E-state index in [0.29, 0.717) is 12.8 Å². The molecule has 2 aliphatic rings. The molecule has 0 saturated carbocycles. The molecule has 14 heteroatoms. The fraction of sp³-hybridized carbons (Fsp3) is 0.783. The van der Waals surface area contributed by atoms with Crippen molar-refractivity contribution in [1.29, 1.82) is 0 Å². The van der Waals surface area contributed by atoms with Crippen LogP contribution in [0.15, 0.2) is 85.1 Å². The number of allylic oxidation sites excluding steroid dienone is 13. The van der Waals surface area contributed by atoms with Crippen LogP contribution in [0, 0.1) is 0 Å². The quantitative estimate of drug-likeness (QED) is 0.0204. The molecule has 0 aliphatic carbocycles. The largest absolute Gasteiger partial charge is 0.394 e. The molecule has 2 saturated heterocycles. The summed E-state index contributed by atoms with van der Waals surface area (Å²) in [5.74, 6) is -0.269. The van der Waals surface area contributed by atoms with Gasteiger partial charge >= 0.3 is 0 Å². The number of carbonyl (C=O) groups is 1. The Balaban J connectivity index is 1.73. The number of unbranched alkanes of at least 4 members (excludes halogenated alkanes) is 28. The van der Waals surface area contributed by atoms with E-state index in [0.717, 1.165) is 89.9 Å². The van der Waals surface area contributed by atoms with Gasteiger partial charge in [-0.25, -0.2) is 0 Å². The zero-order valence-electron chi connectivity index (χ0n) is 51.9. The van der Waals surface area contributed by atoms with Crippen LogP contribution in [0.2, 0.25) is 0 Å². The van der Waals surface area contributed by atoms with E-state index < -0.39 is 86.8 Å². The van der Waals surface area contributed by atoms with Gasteiger partial charge in [-0.05, 0) is 83.5 Å². The van der Waals surface area contributed by atoms with Crippen molar-refractivity contribution in [2.45, 2.75) is 325 Å². The van der Waals surface area contributed by atoms with Crippen molar-refractivity contribution in [3.63, 3.8) is 0 Å². The maximum atomic E-state index is 13.3. The van der Waals surface area contributed by atoms with E-state index in [-0.39, 0.29) is 18.9 Å². The molecule has 12 unspecified atom stereocenters. The van der Waals surface area contributed by atoms with Crippen LogP contribution in [0.4, 0.5) is 0 Å². The van der Waals surface area contributed by atoms with E-state index in [1.807, 2.05) is 6.08 Å². The van der Waals surface area contributed by atoms with E-state index in [4.69, 9.17) is 18.9 Å². The second-order valence-corrected chi connectivity index (χ2v) is 23.2. The minimum Gasteiger partial charge on any atom is -0.394 e. The Hall–Kier alpha value is -2.83. The van der Waals surface area contributed by atoms with Gasteiger partial charge in [-0.15, -0.1) is 0 Å². The molecular formula is C69H121NO13. The Labute approximate surface area is 503 Å². The van der Waals surface area contributed by atoms with Crippen molar-refractivity contribution < 1.29 is 64.6 Å². The van der Waals surface area contributed by atoms with Crippen LogP contribution in [-0.4, -0.2) is 140 Å². The number of hydrogen-bond acceptors (Lipinski definition) is 13. The first kappa shape index (κ1) is 76.3. The number of amides is 1. The topological polar surface area (TPSA) is 228 Å². The highest BCUT2D eigenvalue weighted by Crippen LogP contribution is 2.30. The number of aliphatic hydroxyl groups excluding tert-OH is 8. The number of ether oxygens (including phenoxy) is 4. The summed E-state index contributed by atoms with van der Waals surface area (Å²) in [6, 6.07) is -0.952. The molecule has 83 heavy (non-hydrogen) atoms. The first-order valence-corrected chi connectivity index (χ1v) is 33.3. The van der Waals surface area contributed by atoms with Crippen molar-refractivity contribution in [1.82, 2.24) is 5.32 Å². The van der Waals surface area contributed by atoms with Gasteiger partial charge in [0.2, 0.25) is 5.91 Å². The van der Waals surface area contributed by atoms with Crippen LogP contribution >= 0.6 is 0 Å². The summed E-state index contributed by atoms with van der Waals surface area (Å²) in [5, 5.41) is 87.2. The molecule has 0 aromatic heterocycles. The SMILES string of the molecule is CC/C=C\C/C=C\C/C=C\C/C=C\CCCCCCCCC(=O)NC(COC1OC(CO)C(OC2OC(CO)C(O)C(O)C2O)C(O)C1O)C(O)/C=C/CC/C=C/CC/C=C/CCCCCCCCCCCCCCCCCCCCCC. The van der Waals surface area contributed by atoms with Crippen LogP contribution in [0.1, 0.15) is 251 Å². The average molecular weight is 1170 g/mol. The van der Waals surface area contributed by atoms with Gasteiger partial charge in [0.25, 0.3) is 0 Å². The summed E-state index contributed by atoms with van der Waals surface area (Å²) < 4.78 is 22.8. The number of nitrogens with one attached hydrogen (secondary N) is 1. The van der Waals surface area contributed by atoms with Crippen molar-refractivity contribution in [2.24, 2.45) is 0 Å². The molecule has 12 atom stereocenters. The van der Waals surface area contributed by atoms with Crippen LogP contribution < -0.4 is 5.32 Å². The highest BCUT2D eigenvalue weighted by molar-refractivity contribution is 5.76. The van der Waals surface area contributed by atoms with Gasteiger partial charge in [0.15, 0.2) is 12.6 Å². The Morgan fingerprint density at radius 3 is 1.33 bits per heavy atom. The van der Waals surface area contributed by atoms with Crippen LogP contribution in [-0.2, 0) is 23.7 Å². The van der Waals surface area contributed by atoms with E-state index in [9.17, 15) is 45.6 Å². The van der Waals surface area contributed by atoms with Crippen molar-refractivity contribution in [2.75, 3.05) is 19.8 Å². The molecule has 14 nitrogen and oxygen atoms in total. The van der Waals surface area contributed by atoms with E-state index in [1.165, 1.54) is 128 Å². The molecule has 0 aromatic carbocycles. The Morgan fingerprint density at radius 1 is 0.446 bits per heavy atom. The van der Waals surface area contributed by atoms with Gasteiger partial charge in [-0.3, -0.25) is 4.79 Å². The van der Waals surface area contributed by atoms with Crippen LogP contribution in [0.3, 0.4) is 0 Å². The predicted octanol–water partition coefficient (Wildman–Crippen LogP) is 12.8. The average Bonchev–Trinajstić information content (AvgIpc) is 3.64. The fourth-order valence-electron chi connectivity index (χ4n) is 10.5. The standard InChI is InChI=1S/C69H121NO13/c1-3-5-7-9-11-13-15-17-19-21-23-24-25-26-27-28-29-30-31-32-33-35-36-38-40-42-44-46-48-50-52-58(73)57(70-61(74)53-51-49-47-45-43-41-39-37-34-22-20-18-16-14-12-10-8-6-4-2)56-80-68-66(79)64(77)67(60(55-72)82-68)83-69-65(78)63(76)62(75)59(54-71)81-69/h6,8,12,14,18,20,34-37,42,44,50,52,57-60,62-69,71-73,75-79H,3-5,7,9-11,13,15-17,19,21-33,38-41,43,45-49,51,53-56H2,1-2H3,(H,70,74)/b8-6-,14-12-,20-18-,36-35+,37-34-,44-42+,52-50+. The molecule has 0 bridgehead atoms. The van der Waals surface area contributed by atoms with Crippen molar-refractivity contribution in [3.05, 3.63) is 85.1 Å². The second kappa shape index (κ2) is 53.4. The maximum absolute atomic E-state index is 13.3. The predicted molar refractivity (Wildman–Crippen MR) is 336 cm³/mol. The Bertz CT molecular complexity index is 1710. The van der Waals surface area contributed by atoms with Crippen molar-refractivity contribution in [3.8, 4) is 0 Å². The Morgan fingerprint density at radius 2 is 0.843 bits per heavy atom. The van der Waals surface area contributed by atoms with Gasteiger partial charge < -0.3 is 65.1 Å². The molecular weight excluding hydrogens is 1050 g/mol. The first-order valence-electron chi connectivity index (χ1n) is 33.3. The highest BCUT2D eigenvalue weighted by Gasteiger charge is 2.51. The van der Waals surface area contributed by atoms with Crippen LogP contribution in [0.5, 0.6) is 0 Å². The monoisotopic (exact) mass is 1170 g/mol. The molecule has 9 N–H and O–H groups in total. The number of aliphatic hydroxyl groups is 8. The van der Waals surface area contributed by atoms with E-state index in [1.54, 1.807) is 6.08 Å². The lowest BCUT2D eigenvalue weighted by Crippen LogP contribution is -2.65. The third-order valence-corrected chi connectivity index (χ3v) is 15.8. The summed E-state index contributed by atoms with van der Waals surface area (Å²) in [4.78, 5) is 13.3. The molecule has 2 aliphatic heterocycles. The second-order valence-electron chi connectivity index (χ2n) is 23.2. The highest BCUT2D eigenvalue weighted by atomic mass is 16.7. The molecule has 0 spiro atoms. The number of rotatable bonds is 53. The molecule has 0 radical (unpaired) electrons. The molecule has 480 valence electrons. The van der Waals surface area contributed by atoms with E-state index >= 15 is 0 Å². The summed E-state index contributed by atoms with van der Waals surface area (Å²) in [7, 11) is 0. The minimum atomic E-state index is -1.80. The maximum Gasteiger partial charge on any atom is 0.220 e. The summed E-state index contributed by atoms with van der Waals surface area (Å²) in [5.41, 5.74) is 0.